The van der Waals surface area contributed by atoms with Gasteiger partial charge in [0.05, 0.1) is 0 Å². The van der Waals surface area contributed by atoms with Crippen molar-refractivity contribution < 1.29 is 9.53 Å². The van der Waals surface area contributed by atoms with Crippen LogP contribution in [0.1, 0.15) is 33.1 Å². The standard InChI is InChI=1S/C11H20BrNO2/c1-11(2,5-6-12)8-13-10(14)9-4-3-7-15-9/h9H,3-8H2,1-2H3,(H,13,14). The van der Waals surface area contributed by atoms with Gasteiger partial charge in [-0.25, -0.2) is 0 Å². The molecule has 0 aromatic heterocycles. The first-order valence-corrected chi connectivity index (χ1v) is 6.62. The number of ether oxygens (including phenoxy) is 1. The highest BCUT2D eigenvalue weighted by atomic mass is 79.9. The van der Waals surface area contributed by atoms with E-state index in [1.165, 1.54) is 0 Å². The number of amides is 1. The highest BCUT2D eigenvalue weighted by Gasteiger charge is 2.25. The van der Waals surface area contributed by atoms with E-state index >= 15 is 0 Å². The fourth-order valence-electron chi connectivity index (χ4n) is 1.57. The SMILES string of the molecule is CC(C)(CCBr)CNC(=O)C1CCCO1. The molecule has 0 aromatic rings. The highest BCUT2D eigenvalue weighted by molar-refractivity contribution is 9.09. The minimum Gasteiger partial charge on any atom is -0.368 e. The van der Waals surface area contributed by atoms with Crippen molar-refractivity contribution in [3.63, 3.8) is 0 Å². The molecule has 0 spiro atoms. The Morgan fingerprint density at radius 1 is 1.60 bits per heavy atom. The molecule has 0 aliphatic carbocycles. The van der Waals surface area contributed by atoms with Crippen LogP contribution in [0.25, 0.3) is 0 Å². The van der Waals surface area contributed by atoms with Crippen molar-refractivity contribution in [3.8, 4) is 0 Å². The second-order valence-corrected chi connectivity index (χ2v) is 5.62. The molecule has 15 heavy (non-hydrogen) atoms. The van der Waals surface area contributed by atoms with Gasteiger partial charge in [0.2, 0.25) is 5.91 Å². The van der Waals surface area contributed by atoms with Crippen LogP contribution in [-0.4, -0.2) is 30.5 Å². The maximum atomic E-state index is 11.6. The molecular weight excluding hydrogens is 258 g/mol. The molecule has 1 amide bonds. The molecular formula is C11H20BrNO2. The van der Waals surface area contributed by atoms with Crippen LogP contribution < -0.4 is 5.32 Å². The van der Waals surface area contributed by atoms with E-state index in [0.717, 1.165) is 37.7 Å². The Labute approximate surface area is 100 Å². The molecule has 0 aromatic carbocycles. The van der Waals surface area contributed by atoms with Gasteiger partial charge in [0.25, 0.3) is 0 Å². The zero-order chi connectivity index (χ0) is 11.3. The lowest BCUT2D eigenvalue weighted by Crippen LogP contribution is -2.40. The number of carbonyl (C=O) groups is 1. The summed E-state index contributed by atoms with van der Waals surface area (Å²) in [6, 6.07) is 0. The van der Waals surface area contributed by atoms with Crippen molar-refractivity contribution in [2.24, 2.45) is 5.41 Å². The highest BCUT2D eigenvalue weighted by Crippen LogP contribution is 2.20. The third-order valence-electron chi connectivity index (χ3n) is 2.73. The van der Waals surface area contributed by atoms with E-state index in [1.54, 1.807) is 0 Å². The van der Waals surface area contributed by atoms with Crippen LogP contribution >= 0.6 is 15.9 Å². The first-order chi connectivity index (χ1) is 7.05. The van der Waals surface area contributed by atoms with E-state index in [2.05, 4.69) is 35.1 Å². The fraction of sp³-hybridized carbons (Fsp3) is 0.909. The Balaban J connectivity index is 2.26. The molecule has 1 fully saturated rings. The van der Waals surface area contributed by atoms with Crippen LogP contribution in [0.15, 0.2) is 0 Å². The van der Waals surface area contributed by atoms with Gasteiger partial charge in [-0.3, -0.25) is 4.79 Å². The predicted octanol–water partition coefficient (Wildman–Crippen LogP) is 2.09. The third-order valence-corrected chi connectivity index (χ3v) is 3.13. The maximum absolute atomic E-state index is 11.6. The number of rotatable bonds is 5. The third kappa shape index (κ3) is 4.51. The van der Waals surface area contributed by atoms with Crippen LogP contribution in [0, 0.1) is 5.41 Å². The van der Waals surface area contributed by atoms with Gasteiger partial charge in [0.15, 0.2) is 0 Å². The van der Waals surface area contributed by atoms with Gasteiger partial charge in [0, 0.05) is 18.5 Å². The summed E-state index contributed by atoms with van der Waals surface area (Å²) in [7, 11) is 0. The monoisotopic (exact) mass is 277 g/mol. The Morgan fingerprint density at radius 2 is 2.33 bits per heavy atom. The molecule has 1 aliphatic heterocycles. The van der Waals surface area contributed by atoms with Crippen LogP contribution in [0.4, 0.5) is 0 Å². The van der Waals surface area contributed by atoms with Crippen LogP contribution in [-0.2, 0) is 9.53 Å². The summed E-state index contributed by atoms with van der Waals surface area (Å²) in [6.45, 7) is 5.76. The molecule has 1 heterocycles. The van der Waals surface area contributed by atoms with Gasteiger partial charge in [0.1, 0.15) is 6.10 Å². The minimum atomic E-state index is -0.204. The molecule has 4 heteroatoms. The van der Waals surface area contributed by atoms with Gasteiger partial charge in [-0.1, -0.05) is 29.8 Å². The average Bonchev–Trinajstić information content (AvgIpc) is 2.67. The second kappa shape index (κ2) is 5.85. The van der Waals surface area contributed by atoms with Crippen molar-refractivity contribution in [2.45, 2.75) is 39.2 Å². The Bertz CT molecular complexity index is 213. The van der Waals surface area contributed by atoms with E-state index in [1.807, 2.05) is 0 Å². The minimum absolute atomic E-state index is 0.0511. The smallest absolute Gasteiger partial charge is 0.249 e. The number of halogens is 1. The van der Waals surface area contributed by atoms with Gasteiger partial charge >= 0.3 is 0 Å². The normalized spacial score (nSPS) is 21.7. The maximum Gasteiger partial charge on any atom is 0.249 e. The quantitative estimate of drug-likeness (QED) is 0.782. The first-order valence-electron chi connectivity index (χ1n) is 5.50. The summed E-state index contributed by atoms with van der Waals surface area (Å²) < 4.78 is 5.32. The molecule has 0 bridgehead atoms. The molecule has 88 valence electrons. The number of alkyl halides is 1. The van der Waals surface area contributed by atoms with Crippen molar-refractivity contribution in [2.75, 3.05) is 18.5 Å². The van der Waals surface area contributed by atoms with Crippen molar-refractivity contribution in [1.82, 2.24) is 5.32 Å². The van der Waals surface area contributed by atoms with E-state index in [4.69, 9.17) is 4.74 Å². The Morgan fingerprint density at radius 3 is 2.87 bits per heavy atom. The second-order valence-electron chi connectivity index (χ2n) is 4.82. The summed E-state index contributed by atoms with van der Waals surface area (Å²) in [5.74, 6) is 0.0511. The summed E-state index contributed by atoms with van der Waals surface area (Å²) in [6.07, 6.45) is 2.72. The van der Waals surface area contributed by atoms with Crippen molar-refractivity contribution in [3.05, 3.63) is 0 Å². The summed E-state index contributed by atoms with van der Waals surface area (Å²) in [5.41, 5.74) is 0.151. The van der Waals surface area contributed by atoms with Crippen LogP contribution in [0.5, 0.6) is 0 Å². The lowest BCUT2D eigenvalue weighted by molar-refractivity contribution is -0.130. The first kappa shape index (κ1) is 13.0. The molecule has 1 rings (SSSR count). The molecule has 1 N–H and O–H groups in total. The van der Waals surface area contributed by atoms with Crippen molar-refractivity contribution in [1.29, 1.82) is 0 Å². The van der Waals surface area contributed by atoms with Gasteiger partial charge in [-0.15, -0.1) is 0 Å². The Kier molecular flexibility index (Phi) is 5.06. The zero-order valence-corrected chi connectivity index (χ0v) is 11.1. The molecule has 1 unspecified atom stereocenters. The van der Waals surface area contributed by atoms with Gasteiger partial charge in [-0.05, 0) is 24.7 Å². The molecule has 1 atom stereocenters. The molecule has 1 saturated heterocycles. The number of nitrogens with one attached hydrogen (secondary N) is 1. The summed E-state index contributed by atoms with van der Waals surface area (Å²) >= 11 is 3.42. The number of hydrogen-bond acceptors (Lipinski definition) is 2. The topological polar surface area (TPSA) is 38.3 Å². The summed E-state index contributed by atoms with van der Waals surface area (Å²) in [4.78, 5) is 11.6. The van der Waals surface area contributed by atoms with E-state index < -0.39 is 0 Å². The van der Waals surface area contributed by atoms with E-state index in [0.29, 0.717) is 0 Å². The van der Waals surface area contributed by atoms with Crippen molar-refractivity contribution >= 4 is 21.8 Å². The largest absolute Gasteiger partial charge is 0.368 e. The Hall–Kier alpha value is -0.0900. The number of hydrogen-bond donors (Lipinski definition) is 1. The summed E-state index contributed by atoms with van der Waals surface area (Å²) in [5, 5.41) is 3.93. The average molecular weight is 278 g/mol. The molecule has 3 nitrogen and oxygen atoms in total. The van der Waals surface area contributed by atoms with Gasteiger partial charge in [-0.2, -0.15) is 0 Å². The van der Waals surface area contributed by atoms with E-state index in [-0.39, 0.29) is 17.4 Å². The van der Waals surface area contributed by atoms with E-state index in [9.17, 15) is 4.79 Å². The molecule has 0 saturated carbocycles. The zero-order valence-electron chi connectivity index (χ0n) is 9.51. The van der Waals surface area contributed by atoms with Crippen LogP contribution in [0.2, 0.25) is 0 Å². The van der Waals surface area contributed by atoms with Gasteiger partial charge < -0.3 is 10.1 Å². The fourth-order valence-corrected chi connectivity index (χ4v) is 2.64. The predicted molar refractivity (Wildman–Crippen MR) is 64.2 cm³/mol. The molecule has 0 radical (unpaired) electrons. The van der Waals surface area contributed by atoms with Crippen LogP contribution in [0.3, 0.4) is 0 Å². The molecule has 1 aliphatic rings. The lowest BCUT2D eigenvalue weighted by Gasteiger charge is -2.24. The lowest BCUT2D eigenvalue weighted by atomic mass is 9.90. The number of carbonyl (C=O) groups excluding carboxylic acids is 1.